The number of likely N-dealkylation sites (N-methyl/N-ethyl adjacent to an activating group) is 2. The predicted octanol–water partition coefficient (Wildman–Crippen LogP) is 0.930. The summed E-state index contributed by atoms with van der Waals surface area (Å²) < 4.78 is 0. The minimum atomic E-state index is 0.115. The Bertz CT molecular complexity index is 166. The molecule has 0 fully saturated rings. The molecule has 3 heteroatoms. The SMILES string of the molecule is C/C=C/N(C)CCN(C)C(C)=O. The van der Waals surface area contributed by atoms with Crippen molar-refractivity contribution in [3.63, 3.8) is 0 Å². The molecule has 0 aliphatic heterocycles. The number of nitrogens with zero attached hydrogens (tertiary/aromatic N) is 2. The highest BCUT2D eigenvalue weighted by molar-refractivity contribution is 5.72. The summed E-state index contributed by atoms with van der Waals surface area (Å²) in [6.45, 7) is 5.21. The largest absolute Gasteiger partial charge is 0.379 e. The van der Waals surface area contributed by atoms with Gasteiger partial charge in [-0.15, -0.1) is 0 Å². The monoisotopic (exact) mass is 170 g/mol. The van der Waals surface area contributed by atoms with Gasteiger partial charge in [0.1, 0.15) is 0 Å². The van der Waals surface area contributed by atoms with Gasteiger partial charge in [-0.1, -0.05) is 6.08 Å². The van der Waals surface area contributed by atoms with Gasteiger partial charge in [0.25, 0.3) is 0 Å². The van der Waals surface area contributed by atoms with E-state index in [0.717, 1.165) is 13.1 Å². The van der Waals surface area contributed by atoms with Crippen LogP contribution < -0.4 is 0 Å². The van der Waals surface area contributed by atoms with Crippen molar-refractivity contribution in [2.24, 2.45) is 0 Å². The molecular weight excluding hydrogens is 152 g/mol. The zero-order valence-corrected chi connectivity index (χ0v) is 8.37. The lowest BCUT2D eigenvalue weighted by Crippen LogP contribution is -2.31. The number of allylic oxidation sites excluding steroid dienone is 1. The molecule has 0 aliphatic rings. The van der Waals surface area contributed by atoms with Crippen LogP contribution in [0.2, 0.25) is 0 Å². The molecule has 0 unspecified atom stereocenters. The molecular formula is C9H18N2O. The summed E-state index contributed by atoms with van der Waals surface area (Å²) in [4.78, 5) is 14.6. The molecule has 0 aliphatic carbocycles. The van der Waals surface area contributed by atoms with E-state index in [9.17, 15) is 4.79 Å². The molecule has 0 radical (unpaired) electrons. The van der Waals surface area contributed by atoms with Crippen LogP contribution in [-0.2, 0) is 4.79 Å². The molecule has 0 saturated carbocycles. The van der Waals surface area contributed by atoms with E-state index >= 15 is 0 Å². The Hall–Kier alpha value is -0.990. The molecule has 70 valence electrons. The second-order valence-corrected chi connectivity index (χ2v) is 2.90. The first kappa shape index (κ1) is 11.0. The van der Waals surface area contributed by atoms with Crippen LogP contribution in [0.25, 0.3) is 0 Å². The van der Waals surface area contributed by atoms with Crippen molar-refractivity contribution < 1.29 is 4.79 Å². The van der Waals surface area contributed by atoms with E-state index in [4.69, 9.17) is 0 Å². The van der Waals surface area contributed by atoms with Crippen molar-refractivity contribution >= 4 is 5.91 Å². The third-order valence-corrected chi connectivity index (χ3v) is 1.73. The lowest BCUT2D eigenvalue weighted by Gasteiger charge is -2.19. The minimum Gasteiger partial charge on any atom is -0.379 e. The lowest BCUT2D eigenvalue weighted by atomic mass is 10.5. The van der Waals surface area contributed by atoms with Gasteiger partial charge in [0, 0.05) is 34.1 Å². The molecule has 0 aromatic carbocycles. The zero-order valence-electron chi connectivity index (χ0n) is 8.37. The average molecular weight is 170 g/mol. The first-order valence-corrected chi connectivity index (χ1v) is 4.12. The van der Waals surface area contributed by atoms with E-state index in [1.165, 1.54) is 0 Å². The quantitative estimate of drug-likeness (QED) is 0.626. The highest BCUT2D eigenvalue weighted by Gasteiger charge is 2.01. The highest BCUT2D eigenvalue weighted by atomic mass is 16.2. The number of amides is 1. The van der Waals surface area contributed by atoms with E-state index in [-0.39, 0.29) is 5.91 Å². The van der Waals surface area contributed by atoms with Crippen LogP contribution in [0.5, 0.6) is 0 Å². The second-order valence-electron chi connectivity index (χ2n) is 2.90. The van der Waals surface area contributed by atoms with Crippen LogP contribution in [-0.4, -0.2) is 42.9 Å². The van der Waals surface area contributed by atoms with E-state index in [0.29, 0.717) is 0 Å². The minimum absolute atomic E-state index is 0.115. The molecule has 1 amide bonds. The van der Waals surface area contributed by atoms with Gasteiger partial charge in [-0.25, -0.2) is 0 Å². The Balaban J connectivity index is 3.60. The number of carbonyl (C=O) groups excluding carboxylic acids is 1. The summed E-state index contributed by atoms with van der Waals surface area (Å²) in [7, 11) is 3.81. The number of hydrogen-bond acceptors (Lipinski definition) is 2. The van der Waals surface area contributed by atoms with Gasteiger partial charge in [-0.05, 0) is 13.1 Å². The summed E-state index contributed by atoms with van der Waals surface area (Å²) in [6.07, 6.45) is 3.97. The predicted molar refractivity (Wildman–Crippen MR) is 50.8 cm³/mol. The van der Waals surface area contributed by atoms with Crippen molar-refractivity contribution in [3.05, 3.63) is 12.3 Å². The van der Waals surface area contributed by atoms with Crippen molar-refractivity contribution in [3.8, 4) is 0 Å². The molecule has 0 bridgehead atoms. The van der Waals surface area contributed by atoms with Gasteiger partial charge >= 0.3 is 0 Å². The first-order valence-electron chi connectivity index (χ1n) is 4.12. The second kappa shape index (κ2) is 5.63. The molecule has 0 aromatic rings. The summed E-state index contributed by atoms with van der Waals surface area (Å²) >= 11 is 0. The normalized spacial score (nSPS) is 10.3. The number of hydrogen-bond donors (Lipinski definition) is 0. The Morgan fingerprint density at radius 3 is 2.33 bits per heavy atom. The van der Waals surface area contributed by atoms with Crippen LogP contribution in [0.4, 0.5) is 0 Å². The molecule has 0 N–H and O–H groups in total. The van der Waals surface area contributed by atoms with Crippen molar-refractivity contribution in [2.45, 2.75) is 13.8 Å². The van der Waals surface area contributed by atoms with Crippen molar-refractivity contribution in [2.75, 3.05) is 27.2 Å². The van der Waals surface area contributed by atoms with E-state index in [1.807, 2.05) is 33.3 Å². The zero-order chi connectivity index (χ0) is 9.56. The Labute approximate surface area is 74.7 Å². The summed E-state index contributed by atoms with van der Waals surface area (Å²) in [5, 5.41) is 0. The Kier molecular flexibility index (Phi) is 5.17. The highest BCUT2D eigenvalue weighted by Crippen LogP contribution is 1.88. The van der Waals surface area contributed by atoms with Gasteiger partial charge in [-0.3, -0.25) is 4.79 Å². The molecule has 0 aromatic heterocycles. The first-order chi connectivity index (χ1) is 5.57. The molecule has 0 saturated heterocycles. The third-order valence-electron chi connectivity index (χ3n) is 1.73. The fourth-order valence-corrected chi connectivity index (χ4v) is 0.794. The number of carbonyl (C=O) groups is 1. The van der Waals surface area contributed by atoms with E-state index < -0.39 is 0 Å². The van der Waals surface area contributed by atoms with E-state index in [1.54, 1.807) is 11.8 Å². The fourth-order valence-electron chi connectivity index (χ4n) is 0.794. The lowest BCUT2D eigenvalue weighted by molar-refractivity contribution is -0.127. The molecule has 12 heavy (non-hydrogen) atoms. The maximum Gasteiger partial charge on any atom is 0.219 e. The molecule has 0 heterocycles. The maximum absolute atomic E-state index is 10.8. The Morgan fingerprint density at radius 1 is 1.33 bits per heavy atom. The van der Waals surface area contributed by atoms with Crippen LogP contribution in [0.15, 0.2) is 12.3 Å². The maximum atomic E-state index is 10.8. The van der Waals surface area contributed by atoms with Gasteiger partial charge in [-0.2, -0.15) is 0 Å². The summed E-state index contributed by atoms with van der Waals surface area (Å²) in [6, 6.07) is 0. The van der Waals surface area contributed by atoms with Gasteiger partial charge in [0.2, 0.25) is 5.91 Å². The molecule has 0 rings (SSSR count). The standard InChI is InChI=1S/C9H18N2O/c1-5-6-10(3)7-8-11(4)9(2)12/h5-6H,7-8H2,1-4H3/b6-5+. The van der Waals surface area contributed by atoms with Gasteiger partial charge in [0.05, 0.1) is 0 Å². The van der Waals surface area contributed by atoms with Crippen LogP contribution in [0, 0.1) is 0 Å². The summed E-state index contributed by atoms with van der Waals surface area (Å²) in [5.74, 6) is 0.115. The third kappa shape index (κ3) is 4.77. The van der Waals surface area contributed by atoms with Crippen LogP contribution in [0.3, 0.4) is 0 Å². The topological polar surface area (TPSA) is 23.6 Å². The summed E-state index contributed by atoms with van der Waals surface area (Å²) in [5.41, 5.74) is 0. The van der Waals surface area contributed by atoms with Gasteiger partial charge < -0.3 is 9.80 Å². The van der Waals surface area contributed by atoms with E-state index in [2.05, 4.69) is 4.90 Å². The number of rotatable bonds is 4. The Morgan fingerprint density at radius 2 is 1.92 bits per heavy atom. The van der Waals surface area contributed by atoms with Crippen LogP contribution >= 0.6 is 0 Å². The van der Waals surface area contributed by atoms with Gasteiger partial charge in [0.15, 0.2) is 0 Å². The molecule has 0 atom stereocenters. The van der Waals surface area contributed by atoms with Crippen LogP contribution in [0.1, 0.15) is 13.8 Å². The smallest absolute Gasteiger partial charge is 0.219 e. The molecule has 3 nitrogen and oxygen atoms in total. The molecule has 0 spiro atoms. The van der Waals surface area contributed by atoms with Crippen molar-refractivity contribution in [1.82, 2.24) is 9.80 Å². The van der Waals surface area contributed by atoms with Crippen molar-refractivity contribution in [1.29, 1.82) is 0 Å². The fraction of sp³-hybridized carbons (Fsp3) is 0.667. The average Bonchev–Trinajstić information content (AvgIpc) is 2.00.